The van der Waals surface area contributed by atoms with E-state index in [9.17, 15) is 8.42 Å². The van der Waals surface area contributed by atoms with Crippen LogP contribution in [0.4, 0.5) is 0 Å². The Morgan fingerprint density at radius 3 is 2.18 bits per heavy atom. The van der Waals surface area contributed by atoms with E-state index in [4.69, 9.17) is 0 Å². The van der Waals surface area contributed by atoms with Crippen LogP contribution < -0.4 is 0 Å². The second-order valence-corrected chi connectivity index (χ2v) is 9.91. The van der Waals surface area contributed by atoms with Gasteiger partial charge >= 0.3 is 0 Å². The van der Waals surface area contributed by atoms with Crippen molar-refractivity contribution in [1.29, 1.82) is 0 Å². The third-order valence-electron chi connectivity index (χ3n) is 5.48. The smallest absolute Gasteiger partial charge is 0.147 e. The highest BCUT2D eigenvalue weighted by Crippen LogP contribution is 2.66. The molecule has 4 saturated carbocycles. The average Bonchev–Trinajstić information content (AvgIpc) is 2.09. The van der Waals surface area contributed by atoms with Crippen LogP contribution in [0, 0.1) is 22.7 Å². The molecule has 0 aromatic heterocycles. The summed E-state index contributed by atoms with van der Waals surface area (Å²) in [7, 11) is -2.79. The quantitative estimate of drug-likeness (QED) is 0.778. The molecule has 0 spiro atoms. The lowest BCUT2D eigenvalue weighted by atomic mass is 9.44. The molecule has 0 aromatic carbocycles. The van der Waals surface area contributed by atoms with Crippen molar-refractivity contribution >= 4 is 9.84 Å². The van der Waals surface area contributed by atoms with E-state index in [0.717, 1.165) is 18.3 Å². The molecule has 0 N–H and O–H groups in total. The molecule has 98 valence electrons. The Hall–Kier alpha value is -0.0500. The van der Waals surface area contributed by atoms with Gasteiger partial charge in [0.2, 0.25) is 0 Å². The third kappa shape index (κ3) is 2.27. The Morgan fingerprint density at radius 1 is 1.12 bits per heavy atom. The van der Waals surface area contributed by atoms with Crippen LogP contribution in [0.25, 0.3) is 0 Å². The first kappa shape index (κ1) is 12.0. The summed E-state index contributed by atoms with van der Waals surface area (Å²) in [6, 6.07) is 0. The van der Waals surface area contributed by atoms with Gasteiger partial charge in [0.1, 0.15) is 9.84 Å². The monoisotopic (exact) mass is 256 g/mol. The molecule has 3 heteroatoms. The lowest BCUT2D eigenvalue weighted by Crippen LogP contribution is -2.51. The fourth-order valence-corrected chi connectivity index (χ4v) is 6.43. The van der Waals surface area contributed by atoms with Crippen molar-refractivity contribution < 1.29 is 8.42 Å². The average molecular weight is 256 g/mol. The van der Waals surface area contributed by atoms with Gasteiger partial charge in [-0.05, 0) is 67.6 Å². The standard InChI is InChI=1S/C14H24O2S/c1-13-6-11-5-12(7-13)9-14(8-11,10-13)3-4-17(2,15)16/h11-12H,3-10H2,1-2H3. The Labute approximate surface area is 105 Å². The Balaban J connectivity index is 1.79. The van der Waals surface area contributed by atoms with E-state index >= 15 is 0 Å². The van der Waals surface area contributed by atoms with Gasteiger partial charge in [-0.2, -0.15) is 0 Å². The number of hydrogen-bond donors (Lipinski definition) is 0. The van der Waals surface area contributed by atoms with Crippen LogP contribution in [-0.4, -0.2) is 20.4 Å². The zero-order valence-corrected chi connectivity index (χ0v) is 11.9. The summed E-state index contributed by atoms with van der Waals surface area (Å²) in [6.07, 6.45) is 10.5. The van der Waals surface area contributed by atoms with E-state index in [2.05, 4.69) is 6.92 Å². The van der Waals surface area contributed by atoms with Crippen LogP contribution >= 0.6 is 0 Å². The van der Waals surface area contributed by atoms with Crippen molar-refractivity contribution in [2.45, 2.75) is 51.9 Å². The fourth-order valence-electron chi connectivity index (χ4n) is 5.62. The summed E-state index contributed by atoms with van der Waals surface area (Å²) in [6.45, 7) is 2.44. The van der Waals surface area contributed by atoms with Crippen molar-refractivity contribution in [1.82, 2.24) is 0 Å². The minimum atomic E-state index is -2.79. The first-order chi connectivity index (χ1) is 7.78. The van der Waals surface area contributed by atoms with Gasteiger partial charge in [0.15, 0.2) is 0 Å². The summed E-state index contributed by atoms with van der Waals surface area (Å²) >= 11 is 0. The van der Waals surface area contributed by atoms with Crippen LogP contribution in [0.5, 0.6) is 0 Å². The van der Waals surface area contributed by atoms with Crippen molar-refractivity contribution in [3.63, 3.8) is 0 Å². The molecule has 0 aliphatic heterocycles. The maximum absolute atomic E-state index is 11.4. The first-order valence-electron chi connectivity index (χ1n) is 6.95. The summed E-state index contributed by atoms with van der Waals surface area (Å²) in [5.41, 5.74) is 0.934. The summed E-state index contributed by atoms with van der Waals surface area (Å²) < 4.78 is 22.8. The predicted octanol–water partition coefficient (Wildman–Crippen LogP) is 3.03. The largest absolute Gasteiger partial charge is 0.229 e. The molecule has 0 saturated heterocycles. The molecule has 2 atom stereocenters. The van der Waals surface area contributed by atoms with Gasteiger partial charge in [-0.3, -0.25) is 0 Å². The predicted molar refractivity (Wildman–Crippen MR) is 69.5 cm³/mol. The molecule has 4 rings (SSSR count). The topological polar surface area (TPSA) is 34.1 Å². The highest BCUT2D eigenvalue weighted by Gasteiger charge is 2.55. The minimum Gasteiger partial charge on any atom is -0.229 e. The zero-order valence-electron chi connectivity index (χ0n) is 11.0. The minimum absolute atomic E-state index is 0.391. The van der Waals surface area contributed by atoms with Crippen LogP contribution in [-0.2, 0) is 9.84 Å². The highest BCUT2D eigenvalue weighted by molar-refractivity contribution is 7.90. The molecule has 4 aliphatic rings. The molecule has 2 nitrogen and oxygen atoms in total. The molecule has 17 heavy (non-hydrogen) atoms. The zero-order chi connectivity index (χ0) is 12.3. The van der Waals surface area contributed by atoms with Crippen molar-refractivity contribution in [2.24, 2.45) is 22.7 Å². The summed E-state index contributed by atoms with van der Waals surface area (Å²) in [5.74, 6) is 2.21. The second-order valence-electron chi connectivity index (χ2n) is 7.65. The van der Waals surface area contributed by atoms with Gasteiger partial charge < -0.3 is 0 Å². The van der Waals surface area contributed by atoms with E-state index in [-0.39, 0.29) is 0 Å². The normalized spacial score (nSPS) is 48.6. The Morgan fingerprint density at radius 2 is 1.71 bits per heavy atom. The molecule has 0 amide bonds. The van der Waals surface area contributed by atoms with Crippen LogP contribution in [0.2, 0.25) is 0 Å². The van der Waals surface area contributed by atoms with Crippen LogP contribution in [0.15, 0.2) is 0 Å². The maximum Gasteiger partial charge on any atom is 0.147 e. The number of hydrogen-bond acceptors (Lipinski definition) is 2. The van der Waals surface area contributed by atoms with E-state index < -0.39 is 9.84 Å². The van der Waals surface area contributed by atoms with Gasteiger partial charge in [-0.25, -0.2) is 8.42 Å². The van der Waals surface area contributed by atoms with Gasteiger partial charge in [0.25, 0.3) is 0 Å². The number of sulfone groups is 1. The van der Waals surface area contributed by atoms with Gasteiger partial charge in [-0.15, -0.1) is 0 Å². The molecule has 4 aliphatic carbocycles. The fraction of sp³-hybridized carbons (Fsp3) is 1.00. The lowest BCUT2D eigenvalue weighted by molar-refractivity contribution is -0.102. The van der Waals surface area contributed by atoms with Gasteiger partial charge in [0, 0.05) is 6.26 Å². The second kappa shape index (κ2) is 3.49. The summed E-state index contributed by atoms with van der Waals surface area (Å²) in [5, 5.41) is 0. The van der Waals surface area contributed by atoms with Crippen LogP contribution in [0.1, 0.15) is 51.9 Å². The molecule has 4 fully saturated rings. The van der Waals surface area contributed by atoms with E-state index in [1.807, 2.05) is 0 Å². The van der Waals surface area contributed by atoms with Crippen molar-refractivity contribution in [3.05, 3.63) is 0 Å². The lowest BCUT2D eigenvalue weighted by Gasteiger charge is -2.61. The number of rotatable bonds is 3. The van der Waals surface area contributed by atoms with Gasteiger partial charge in [-0.1, -0.05) is 6.92 Å². The molecule has 4 bridgehead atoms. The molecule has 0 aromatic rings. The molecule has 2 unspecified atom stereocenters. The molecular weight excluding hydrogens is 232 g/mol. The molecular formula is C14H24O2S. The van der Waals surface area contributed by atoms with Crippen molar-refractivity contribution in [3.8, 4) is 0 Å². The van der Waals surface area contributed by atoms with Gasteiger partial charge in [0.05, 0.1) is 5.75 Å². The molecule has 0 radical (unpaired) electrons. The van der Waals surface area contributed by atoms with Crippen LogP contribution in [0.3, 0.4) is 0 Å². The van der Waals surface area contributed by atoms with E-state index in [1.54, 1.807) is 0 Å². The third-order valence-corrected chi connectivity index (χ3v) is 6.42. The van der Waals surface area contributed by atoms with E-state index in [1.165, 1.54) is 44.8 Å². The molecule has 0 heterocycles. The first-order valence-corrected chi connectivity index (χ1v) is 9.02. The van der Waals surface area contributed by atoms with E-state index in [0.29, 0.717) is 16.6 Å². The highest BCUT2D eigenvalue weighted by atomic mass is 32.2. The maximum atomic E-state index is 11.4. The Bertz CT molecular complexity index is 410. The SMILES string of the molecule is CC12CC3CC(C1)CC(CCS(C)(=O)=O)(C3)C2. The van der Waals surface area contributed by atoms with Crippen molar-refractivity contribution in [2.75, 3.05) is 12.0 Å². The Kier molecular flexibility index (Phi) is 2.47. The summed E-state index contributed by atoms with van der Waals surface area (Å²) in [4.78, 5) is 0.